The summed E-state index contributed by atoms with van der Waals surface area (Å²) in [5.74, 6) is 0.101. The first-order chi connectivity index (χ1) is 7.00. The van der Waals surface area contributed by atoms with E-state index in [0.717, 1.165) is 13.1 Å². The van der Waals surface area contributed by atoms with Crippen molar-refractivity contribution >= 4 is 5.91 Å². The summed E-state index contributed by atoms with van der Waals surface area (Å²) < 4.78 is 5.33. The van der Waals surface area contributed by atoms with Crippen molar-refractivity contribution in [2.75, 3.05) is 19.7 Å². The summed E-state index contributed by atoms with van der Waals surface area (Å²) in [6.45, 7) is 9.89. The summed E-state index contributed by atoms with van der Waals surface area (Å²) in [7, 11) is 0. The predicted octanol–water partition coefficient (Wildman–Crippen LogP) is 0.620. The summed E-state index contributed by atoms with van der Waals surface area (Å²) in [4.78, 5) is 13.7. The van der Waals surface area contributed by atoms with Gasteiger partial charge in [0, 0.05) is 25.2 Å². The summed E-state index contributed by atoms with van der Waals surface area (Å²) in [5.41, 5.74) is 0. The number of rotatable bonds is 3. The fraction of sp³-hybridized carbons (Fsp3) is 0.909. The van der Waals surface area contributed by atoms with Crippen LogP contribution in [0.1, 0.15) is 27.7 Å². The molecule has 0 saturated carbocycles. The molecule has 1 rings (SSSR count). The molecule has 1 saturated heterocycles. The van der Waals surface area contributed by atoms with E-state index < -0.39 is 0 Å². The number of hydrogen-bond acceptors (Lipinski definition) is 3. The fourth-order valence-corrected chi connectivity index (χ4v) is 1.69. The van der Waals surface area contributed by atoms with Crippen LogP contribution < -0.4 is 5.32 Å². The molecule has 0 aromatic carbocycles. The van der Waals surface area contributed by atoms with Crippen LogP contribution in [0.2, 0.25) is 0 Å². The SMILES string of the molecule is CC1CN(C(=O)COC(C)C)C(C)CN1. The maximum atomic E-state index is 11.8. The molecule has 15 heavy (non-hydrogen) atoms. The van der Waals surface area contributed by atoms with Crippen LogP contribution in [-0.2, 0) is 9.53 Å². The van der Waals surface area contributed by atoms with Crippen LogP contribution in [0.3, 0.4) is 0 Å². The Bertz CT molecular complexity index is 219. The van der Waals surface area contributed by atoms with Crippen molar-refractivity contribution < 1.29 is 9.53 Å². The molecule has 1 heterocycles. The maximum absolute atomic E-state index is 11.8. The van der Waals surface area contributed by atoms with Crippen molar-refractivity contribution in [3.05, 3.63) is 0 Å². The lowest BCUT2D eigenvalue weighted by Crippen LogP contribution is -2.57. The molecule has 1 aliphatic rings. The largest absolute Gasteiger partial charge is 0.369 e. The molecule has 4 nitrogen and oxygen atoms in total. The van der Waals surface area contributed by atoms with Gasteiger partial charge in [-0.2, -0.15) is 0 Å². The van der Waals surface area contributed by atoms with Gasteiger partial charge >= 0.3 is 0 Å². The van der Waals surface area contributed by atoms with Crippen molar-refractivity contribution in [3.63, 3.8) is 0 Å². The van der Waals surface area contributed by atoms with Crippen LogP contribution in [0.15, 0.2) is 0 Å². The highest BCUT2D eigenvalue weighted by Crippen LogP contribution is 2.07. The first-order valence-electron chi connectivity index (χ1n) is 5.65. The Hall–Kier alpha value is -0.610. The van der Waals surface area contributed by atoms with Crippen LogP contribution in [0.4, 0.5) is 0 Å². The molecule has 0 spiro atoms. The van der Waals surface area contributed by atoms with E-state index in [1.54, 1.807) is 0 Å². The highest BCUT2D eigenvalue weighted by atomic mass is 16.5. The molecule has 0 radical (unpaired) electrons. The number of amides is 1. The zero-order chi connectivity index (χ0) is 11.4. The Balaban J connectivity index is 2.42. The highest BCUT2D eigenvalue weighted by Gasteiger charge is 2.26. The van der Waals surface area contributed by atoms with Crippen LogP contribution >= 0.6 is 0 Å². The maximum Gasteiger partial charge on any atom is 0.248 e. The van der Waals surface area contributed by atoms with E-state index in [1.807, 2.05) is 18.7 Å². The van der Waals surface area contributed by atoms with Gasteiger partial charge in [-0.05, 0) is 27.7 Å². The Kier molecular flexibility index (Phi) is 4.54. The number of ether oxygens (including phenoxy) is 1. The minimum atomic E-state index is 0.101. The number of nitrogens with one attached hydrogen (secondary N) is 1. The molecule has 1 amide bonds. The van der Waals surface area contributed by atoms with Gasteiger partial charge in [0.05, 0.1) is 6.10 Å². The van der Waals surface area contributed by atoms with Crippen molar-refractivity contribution in [1.29, 1.82) is 0 Å². The van der Waals surface area contributed by atoms with Crippen LogP contribution in [0.25, 0.3) is 0 Å². The van der Waals surface area contributed by atoms with E-state index in [0.29, 0.717) is 6.04 Å². The first kappa shape index (κ1) is 12.5. The van der Waals surface area contributed by atoms with E-state index in [2.05, 4.69) is 19.2 Å². The van der Waals surface area contributed by atoms with Crippen molar-refractivity contribution in [1.82, 2.24) is 10.2 Å². The van der Waals surface area contributed by atoms with Crippen molar-refractivity contribution in [3.8, 4) is 0 Å². The number of piperazine rings is 1. The molecule has 1 aliphatic heterocycles. The molecule has 1 N–H and O–H groups in total. The summed E-state index contributed by atoms with van der Waals surface area (Å²) in [5, 5.41) is 3.35. The molecule has 2 unspecified atom stereocenters. The third kappa shape index (κ3) is 3.80. The second-order valence-corrected chi connectivity index (χ2v) is 4.56. The molecule has 0 aliphatic carbocycles. The average molecular weight is 214 g/mol. The van der Waals surface area contributed by atoms with Crippen LogP contribution in [0, 0.1) is 0 Å². The summed E-state index contributed by atoms with van der Waals surface area (Å²) in [6.07, 6.45) is 0.115. The lowest BCUT2D eigenvalue weighted by Gasteiger charge is -2.37. The number of nitrogens with zero attached hydrogens (tertiary/aromatic N) is 1. The molecule has 0 aromatic rings. The van der Waals surface area contributed by atoms with Gasteiger partial charge in [-0.3, -0.25) is 4.79 Å². The van der Waals surface area contributed by atoms with Crippen molar-refractivity contribution in [2.45, 2.75) is 45.9 Å². The van der Waals surface area contributed by atoms with Gasteiger partial charge < -0.3 is 15.0 Å². The topological polar surface area (TPSA) is 41.6 Å². The average Bonchev–Trinajstić information content (AvgIpc) is 2.18. The molecule has 1 fully saturated rings. The molecular weight excluding hydrogens is 192 g/mol. The molecule has 88 valence electrons. The van der Waals surface area contributed by atoms with Gasteiger partial charge in [0.15, 0.2) is 0 Å². The van der Waals surface area contributed by atoms with Gasteiger partial charge in [-0.1, -0.05) is 0 Å². The number of hydrogen-bond donors (Lipinski definition) is 1. The lowest BCUT2D eigenvalue weighted by molar-refractivity contribution is -0.141. The number of carbonyl (C=O) groups excluding carboxylic acids is 1. The fourth-order valence-electron chi connectivity index (χ4n) is 1.69. The quantitative estimate of drug-likeness (QED) is 0.749. The second kappa shape index (κ2) is 5.47. The molecule has 0 aromatic heterocycles. The van der Waals surface area contributed by atoms with Crippen molar-refractivity contribution in [2.24, 2.45) is 0 Å². The second-order valence-electron chi connectivity index (χ2n) is 4.56. The Morgan fingerprint density at radius 2 is 2.20 bits per heavy atom. The highest BCUT2D eigenvalue weighted by molar-refractivity contribution is 5.78. The minimum absolute atomic E-state index is 0.101. The van der Waals surface area contributed by atoms with Gasteiger partial charge in [-0.25, -0.2) is 0 Å². The first-order valence-corrected chi connectivity index (χ1v) is 5.65. The van der Waals surface area contributed by atoms with Gasteiger partial charge in [0.25, 0.3) is 0 Å². The van der Waals surface area contributed by atoms with Gasteiger partial charge in [0.1, 0.15) is 6.61 Å². The zero-order valence-electron chi connectivity index (χ0n) is 10.1. The van der Waals surface area contributed by atoms with Gasteiger partial charge in [-0.15, -0.1) is 0 Å². The normalized spacial score (nSPS) is 27.1. The van der Waals surface area contributed by atoms with E-state index in [1.165, 1.54) is 0 Å². The van der Waals surface area contributed by atoms with E-state index >= 15 is 0 Å². The summed E-state index contributed by atoms with van der Waals surface area (Å²) >= 11 is 0. The lowest BCUT2D eigenvalue weighted by atomic mass is 10.1. The smallest absolute Gasteiger partial charge is 0.248 e. The standard InChI is InChI=1S/C11H22N2O2/c1-8(2)15-7-11(14)13-6-9(3)12-5-10(13)4/h8-10,12H,5-7H2,1-4H3. The molecule has 2 atom stereocenters. The molecule has 4 heteroatoms. The van der Waals surface area contributed by atoms with E-state index in [9.17, 15) is 4.79 Å². The number of carbonyl (C=O) groups is 1. The predicted molar refractivity (Wildman–Crippen MR) is 59.7 cm³/mol. The third-order valence-corrected chi connectivity index (χ3v) is 2.62. The Labute approximate surface area is 92.0 Å². The third-order valence-electron chi connectivity index (χ3n) is 2.62. The van der Waals surface area contributed by atoms with Crippen LogP contribution in [-0.4, -0.2) is 48.7 Å². The molecule has 0 bridgehead atoms. The minimum Gasteiger partial charge on any atom is -0.369 e. The van der Waals surface area contributed by atoms with E-state index in [-0.39, 0.29) is 24.7 Å². The van der Waals surface area contributed by atoms with Gasteiger partial charge in [0.2, 0.25) is 5.91 Å². The monoisotopic (exact) mass is 214 g/mol. The van der Waals surface area contributed by atoms with Crippen LogP contribution in [0.5, 0.6) is 0 Å². The molecular formula is C11H22N2O2. The Morgan fingerprint density at radius 1 is 1.53 bits per heavy atom. The zero-order valence-corrected chi connectivity index (χ0v) is 10.1. The van der Waals surface area contributed by atoms with E-state index in [4.69, 9.17) is 4.74 Å². The summed E-state index contributed by atoms with van der Waals surface area (Å²) in [6, 6.07) is 0.647. The Morgan fingerprint density at radius 3 is 2.80 bits per heavy atom.